The van der Waals surface area contributed by atoms with Gasteiger partial charge in [-0.05, 0) is 43.7 Å². The molecule has 1 atom stereocenters. The Hall–Kier alpha value is -3.29. The van der Waals surface area contributed by atoms with Gasteiger partial charge in [-0.15, -0.1) is 13.2 Å². The van der Waals surface area contributed by atoms with Crippen LogP contribution in [0.25, 0.3) is 0 Å². The van der Waals surface area contributed by atoms with Gasteiger partial charge in [0.1, 0.15) is 11.8 Å². The number of hydrogen-bond acceptors (Lipinski definition) is 5. The number of hydrogen-bond donors (Lipinski definition) is 3. The summed E-state index contributed by atoms with van der Waals surface area (Å²) in [7, 11) is 0. The average molecular weight is 497 g/mol. The number of nitriles is 1. The van der Waals surface area contributed by atoms with Crippen molar-refractivity contribution >= 4 is 17.7 Å². The highest BCUT2D eigenvalue weighted by Crippen LogP contribution is 2.28. The van der Waals surface area contributed by atoms with Gasteiger partial charge in [-0.25, -0.2) is 0 Å². The van der Waals surface area contributed by atoms with Crippen LogP contribution in [0, 0.1) is 23.2 Å². The van der Waals surface area contributed by atoms with Crippen molar-refractivity contribution < 1.29 is 32.3 Å². The molecule has 35 heavy (non-hydrogen) atoms. The molecule has 3 N–H and O–H groups in total. The van der Waals surface area contributed by atoms with Crippen molar-refractivity contribution in [1.82, 2.24) is 16.0 Å². The van der Waals surface area contributed by atoms with Gasteiger partial charge in [-0.3, -0.25) is 14.4 Å². The minimum Gasteiger partial charge on any atom is -0.405 e. The van der Waals surface area contributed by atoms with E-state index in [-0.39, 0.29) is 59.7 Å². The minimum absolute atomic E-state index is 0.00802. The molecule has 1 aliphatic carbocycles. The fraction of sp³-hybridized carbons (Fsp3) is 0.583. The van der Waals surface area contributed by atoms with Crippen LogP contribution in [0.1, 0.15) is 64.0 Å². The smallest absolute Gasteiger partial charge is 0.405 e. The lowest BCUT2D eigenvalue weighted by Gasteiger charge is -2.30. The number of nitrogens with one attached hydrogen (secondary N) is 3. The summed E-state index contributed by atoms with van der Waals surface area (Å²) in [5, 5.41) is 17.2. The Kier molecular flexibility index (Phi) is 9.92. The van der Waals surface area contributed by atoms with Crippen LogP contribution in [0.3, 0.4) is 0 Å². The Morgan fingerprint density at radius 1 is 1.17 bits per heavy atom. The van der Waals surface area contributed by atoms with Crippen molar-refractivity contribution in [3.05, 3.63) is 29.3 Å². The Bertz CT molecular complexity index is 951. The monoisotopic (exact) mass is 496 g/mol. The first-order valence-corrected chi connectivity index (χ1v) is 11.6. The van der Waals surface area contributed by atoms with Crippen molar-refractivity contribution in [2.75, 3.05) is 0 Å². The van der Waals surface area contributed by atoms with Crippen LogP contribution in [0.2, 0.25) is 0 Å². The largest absolute Gasteiger partial charge is 0.573 e. The zero-order valence-corrected chi connectivity index (χ0v) is 20.0. The second kappa shape index (κ2) is 12.4. The van der Waals surface area contributed by atoms with Crippen LogP contribution in [0.4, 0.5) is 13.2 Å². The van der Waals surface area contributed by atoms with Crippen molar-refractivity contribution in [2.45, 2.75) is 77.9 Å². The molecule has 0 aromatic heterocycles. The maximum atomic E-state index is 12.7. The maximum absolute atomic E-state index is 12.7. The molecule has 1 aromatic rings. The first-order valence-electron chi connectivity index (χ1n) is 11.6. The fourth-order valence-corrected chi connectivity index (χ4v) is 3.92. The van der Waals surface area contributed by atoms with Crippen molar-refractivity contribution in [2.24, 2.45) is 11.8 Å². The average Bonchev–Trinajstić information content (AvgIpc) is 2.80. The van der Waals surface area contributed by atoms with Gasteiger partial charge in [0.05, 0.1) is 11.6 Å². The van der Waals surface area contributed by atoms with Crippen molar-refractivity contribution in [3.8, 4) is 11.8 Å². The highest BCUT2D eigenvalue weighted by Gasteiger charge is 2.33. The summed E-state index contributed by atoms with van der Waals surface area (Å²) < 4.78 is 42.1. The molecule has 0 radical (unpaired) electrons. The zero-order chi connectivity index (χ0) is 26.2. The number of alkyl halides is 3. The van der Waals surface area contributed by atoms with E-state index in [0.29, 0.717) is 25.7 Å². The molecule has 0 bridgehead atoms. The second-order valence-electron chi connectivity index (χ2n) is 8.90. The highest BCUT2D eigenvalue weighted by molar-refractivity contribution is 5.88. The minimum atomic E-state index is -4.93. The Labute approximate surface area is 202 Å². The Morgan fingerprint density at radius 3 is 2.37 bits per heavy atom. The molecular formula is C24H31F3N4O4. The van der Waals surface area contributed by atoms with E-state index in [2.05, 4.69) is 20.7 Å². The third kappa shape index (κ3) is 8.77. The number of halogens is 3. The van der Waals surface area contributed by atoms with Gasteiger partial charge in [0.15, 0.2) is 0 Å². The first kappa shape index (κ1) is 28.0. The summed E-state index contributed by atoms with van der Waals surface area (Å²) in [4.78, 5) is 37.0. The molecule has 11 heteroatoms. The molecule has 1 saturated carbocycles. The van der Waals surface area contributed by atoms with Crippen molar-refractivity contribution in [1.29, 1.82) is 5.26 Å². The molecule has 1 aliphatic rings. The number of benzene rings is 1. The van der Waals surface area contributed by atoms with Gasteiger partial charge in [-0.1, -0.05) is 26.8 Å². The summed E-state index contributed by atoms with van der Waals surface area (Å²) in [6.45, 7) is 5.23. The summed E-state index contributed by atoms with van der Waals surface area (Å²) in [6.07, 6.45) is -2.51. The summed E-state index contributed by atoms with van der Waals surface area (Å²) in [5.41, 5.74) is 0.109. The van der Waals surface area contributed by atoms with Gasteiger partial charge < -0.3 is 20.7 Å². The molecule has 1 aromatic carbocycles. The Morgan fingerprint density at radius 2 is 1.83 bits per heavy atom. The lowest BCUT2D eigenvalue weighted by molar-refractivity contribution is -0.274. The number of amides is 3. The molecule has 192 valence electrons. The molecule has 0 aliphatic heterocycles. The van der Waals surface area contributed by atoms with Gasteiger partial charge in [-0.2, -0.15) is 5.26 Å². The number of nitrogens with zero attached hydrogens (tertiary/aromatic N) is 1. The third-order valence-corrected chi connectivity index (χ3v) is 5.91. The van der Waals surface area contributed by atoms with E-state index in [9.17, 15) is 27.6 Å². The van der Waals surface area contributed by atoms with E-state index in [4.69, 9.17) is 5.26 Å². The third-order valence-electron chi connectivity index (χ3n) is 5.91. The van der Waals surface area contributed by atoms with Crippen molar-refractivity contribution in [3.63, 3.8) is 0 Å². The van der Waals surface area contributed by atoms with Gasteiger partial charge in [0.25, 0.3) is 0 Å². The molecule has 0 spiro atoms. The van der Waals surface area contributed by atoms with E-state index in [1.54, 1.807) is 13.0 Å². The lowest BCUT2D eigenvalue weighted by atomic mass is 9.85. The quantitative estimate of drug-likeness (QED) is 0.485. The summed E-state index contributed by atoms with van der Waals surface area (Å²) in [5.74, 6) is -1.71. The number of carbonyl (C=O) groups excluding carboxylic acids is 3. The SMILES string of the molecule is CCC(=O)N[C@@H](C(=O)NC1CCC(C(=O)NCc2ccc(C#N)cc2OC(F)(F)F)CC1)C(C)C. The molecule has 0 heterocycles. The number of ether oxygens (including phenoxy) is 1. The molecule has 3 amide bonds. The van der Waals surface area contributed by atoms with Crippen LogP contribution < -0.4 is 20.7 Å². The summed E-state index contributed by atoms with van der Waals surface area (Å²) in [6, 6.07) is 4.64. The molecular weight excluding hydrogens is 465 g/mol. The van der Waals surface area contributed by atoms with Crippen LogP contribution >= 0.6 is 0 Å². The van der Waals surface area contributed by atoms with E-state index in [1.807, 2.05) is 13.8 Å². The molecule has 8 nitrogen and oxygen atoms in total. The highest BCUT2D eigenvalue weighted by atomic mass is 19.4. The standard InChI is InChI=1S/C24H31F3N4O4/c1-4-20(32)31-21(14(2)3)23(34)30-18-9-7-16(8-10-18)22(33)29-13-17-6-5-15(12-28)11-19(17)35-24(25,26)27/h5-6,11,14,16,18,21H,4,7-10,13H2,1-3H3,(H,29,33)(H,30,34)(H,31,32)/t16?,18?,21-/m1/s1. The normalized spacial score (nSPS) is 18.8. The van der Waals surface area contributed by atoms with Crippen LogP contribution in [-0.4, -0.2) is 36.2 Å². The molecule has 2 rings (SSSR count). The topological polar surface area (TPSA) is 120 Å². The second-order valence-corrected chi connectivity index (χ2v) is 8.90. The van der Waals surface area contributed by atoms with Gasteiger partial charge >= 0.3 is 6.36 Å². The van der Waals surface area contributed by atoms with E-state index in [1.165, 1.54) is 12.1 Å². The Balaban J connectivity index is 1.89. The molecule has 0 saturated heterocycles. The predicted molar refractivity (Wildman–Crippen MR) is 121 cm³/mol. The number of rotatable bonds is 9. The predicted octanol–water partition coefficient (Wildman–Crippen LogP) is 3.30. The van der Waals surface area contributed by atoms with Crippen LogP contribution in [0.15, 0.2) is 18.2 Å². The van der Waals surface area contributed by atoms with Crippen LogP contribution in [0.5, 0.6) is 5.75 Å². The van der Waals surface area contributed by atoms with E-state index in [0.717, 1.165) is 6.07 Å². The van der Waals surface area contributed by atoms with Gasteiger partial charge in [0.2, 0.25) is 17.7 Å². The molecule has 1 fully saturated rings. The van der Waals surface area contributed by atoms with Crippen LogP contribution in [-0.2, 0) is 20.9 Å². The van der Waals surface area contributed by atoms with Gasteiger partial charge in [0, 0.05) is 30.5 Å². The molecule has 0 unspecified atom stereocenters. The lowest BCUT2D eigenvalue weighted by Crippen LogP contribution is -2.52. The number of carbonyl (C=O) groups is 3. The first-order chi connectivity index (χ1) is 16.4. The summed E-state index contributed by atoms with van der Waals surface area (Å²) >= 11 is 0. The van der Waals surface area contributed by atoms with E-state index >= 15 is 0 Å². The fourth-order valence-electron chi connectivity index (χ4n) is 3.92. The zero-order valence-electron chi connectivity index (χ0n) is 20.0. The maximum Gasteiger partial charge on any atom is 0.573 e. The van der Waals surface area contributed by atoms with E-state index < -0.39 is 18.2 Å².